The van der Waals surface area contributed by atoms with E-state index in [0.29, 0.717) is 24.3 Å². The molecule has 6 heteroatoms. The monoisotopic (exact) mass is 291 g/mol. The van der Waals surface area contributed by atoms with E-state index in [1.165, 1.54) is 28.7 Å². The molecule has 0 saturated heterocycles. The number of thiophene rings is 1. The molecule has 1 saturated carbocycles. The average molecular weight is 291 g/mol. The second kappa shape index (κ2) is 5.36. The fraction of sp³-hybridized carbons (Fsp3) is 0.500. The minimum absolute atomic E-state index is 0.00131. The molecular weight excluding hydrogens is 274 g/mol. The number of aryl methyl sites for hydroxylation is 1. The summed E-state index contributed by atoms with van der Waals surface area (Å²) in [6, 6.07) is 1.78. The zero-order chi connectivity index (χ0) is 14.1. The third-order valence-electron chi connectivity index (χ3n) is 3.87. The van der Waals surface area contributed by atoms with Crippen LogP contribution < -0.4 is 10.9 Å². The molecule has 1 aliphatic rings. The highest BCUT2D eigenvalue weighted by Crippen LogP contribution is 2.36. The third-order valence-corrected chi connectivity index (χ3v) is 4.69. The van der Waals surface area contributed by atoms with Crippen LogP contribution in [0.25, 0.3) is 10.2 Å². The van der Waals surface area contributed by atoms with Crippen LogP contribution in [0.4, 0.5) is 0 Å². The molecule has 5 nitrogen and oxygen atoms in total. The minimum Gasteiger partial charge on any atom is -0.356 e. The van der Waals surface area contributed by atoms with Gasteiger partial charge in [-0.25, -0.2) is 4.98 Å². The Labute approximate surface area is 120 Å². The topological polar surface area (TPSA) is 64.0 Å². The molecule has 1 N–H and O–H groups in total. The number of nitrogens with one attached hydrogen (secondary N) is 1. The molecule has 0 spiro atoms. The van der Waals surface area contributed by atoms with Crippen molar-refractivity contribution in [3.05, 3.63) is 28.1 Å². The fourth-order valence-electron chi connectivity index (χ4n) is 2.29. The van der Waals surface area contributed by atoms with Crippen molar-refractivity contribution in [3.8, 4) is 0 Å². The Hall–Kier alpha value is -1.69. The van der Waals surface area contributed by atoms with Crippen molar-refractivity contribution in [3.63, 3.8) is 0 Å². The van der Waals surface area contributed by atoms with Gasteiger partial charge in [-0.15, -0.1) is 11.3 Å². The molecule has 2 atom stereocenters. The van der Waals surface area contributed by atoms with E-state index in [4.69, 9.17) is 0 Å². The van der Waals surface area contributed by atoms with Gasteiger partial charge >= 0.3 is 0 Å². The maximum Gasteiger partial charge on any atom is 0.262 e. The highest BCUT2D eigenvalue weighted by molar-refractivity contribution is 7.16. The van der Waals surface area contributed by atoms with Crippen molar-refractivity contribution in [2.75, 3.05) is 6.54 Å². The van der Waals surface area contributed by atoms with Crippen LogP contribution in [0.3, 0.4) is 0 Å². The van der Waals surface area contributed by atoms with Gasteiger partial charge in [0.25, 0.3) is 5.56 Å². The van der Waals surface area contributed by atoms with E-state index in [1.54, 1.807) is 6.07 Å². The number of fused-ring (bicyclic) bond motifs is 1. The van der Waals surface area contributed by atoms with Gasteiger partial charge in [-0.1, -0.05) is 6.92 Å². The Balaban J connectivity index is 1.57. The predicted molar refractivity (Wildman–Crippen MR) is 78.8 cm³/mol. The first-order valence-corrected chi connectivity index (χ1v) is 7.72. The van der Waals surface area contributed by atoms with Crippen LogP contribution in [-0.2, 0) is 11.3 Å². The Morgan fingerprint density at radius 1 is 1.60 bits per heavy atom. The predicted octanol–water partition coefficient (Wildman–Crippen LogP) is 1.62. The van der Waals surface area contributed by atoms with Crippen LogP contribution in [0, 0.1) is 11.8 Å². The van der Waals surface area contributed by atoms with E-state index >= 15 is 0 Å². The van der Waals surface area contributed by atoms with Gasteiger partial charge in [-0.2, -0.15) is 0 Å². The van der Waals surface area contributed by atoms with Crippen LogP contribution >= 0.6 is 11.3 Å². The van der Waals surface area contributed by atoms with E-state index in [2.05, 4.69) is 17.2 Å². The number of rotatable bonds is 5. The van der Waals surface area contributed by atoms with Gasteiger partial charge in [0.1, 0.15) is 4.83 Å². The number of nitrogens with zero attached hydrogens (tertiary/aromatic N) is 2. The summed E-state index contributed by atoms with van der Waals surface area (Å²) in [5.41, 5.74) is -0.0696. The number of carbonyl (C=O) groups is 1. The Bertz CT molecular complexity index is 691. The molecule has 20 heavy (non-hydrogen) atoms. The molecule has 106 valence electrons. The molecular formula is C14H17N3O2S. The first-order chi connectivity index (χ1) is 9.65. The van der Waals surface area contributed by atoms with E-state index in [9.17, 15) is 9.59 Å². The zero-order valence-electron chi connectivity index (χ0n) is 11.3. The van der Waals surface area contributed by atoms with Gasteiger partial charge in [-0.05, 0) is 29.7 Å². The number of carbonyl (C=O) groups excluding carboxylic acids is 1. The molecule has 1 fully saturated rings. The highest BCUT2D eigenvalue weighted by Gasteiger charge is 2.32. The summed E-state index contributed by atoms with van der Waals surface area (Å²) in [5, 5.41) is 5.41. The maximum absolute atomic E-state index is 12.1. The van der Waals surface area contributed by atoms with E-state index < -0.39 is 0 Å². The molecule has 0 aromatic carbocycles. The Morgan fingerprint density at radius 2 is 2.40 bits per heavy atom. The molecule has 1 aliphatic carbocycles. The first kappa shape index (κ1) is 13.3. The molecule has 1 amide bonds. The van der Waals surface area contributed by atoms with Crippen LogP contribution in [0.1, 0.15) is 19.8 Å². The first-order valence-electron chi connectivity index (χ1n) is 6.84. The van der Waals surface area contributed by atoms with Crippen molar-refractivity contribution >= 4 is 27.5 Å². The van der Waals surface area contributed by atoms with Crippen LogP contribution in [-0.4, -0.2) is 22.0 Å². The zero-order valence-corrected chi connectivity index (χ0v) is 12.2. The fourth-order valence-corrected chi connectivity index (χ4v) is 3.01. The van der Waals surface area contributed by atoms with Gasteiger partial charge in [-0.3, -0.25) is 14.2 Å². The summed E-state index contributed by atoms with van der Waals surface area (Å²) < 4.78 is 1.51. The van der Waals surface area contributed by atoms with Gasteiger partial charge in [0.2, 0.25) is 5.91 Å². The van der Waals surface area contributed by atoms with Gasteiger partial charge < -0.3 is 5.32 Å². The quantitative estimate of drug-likeness (QED) is 0.910. The molecule has 2 heterocycles. The third kappa shape index (κ3) is 2.75. The number of amides is 1. The Kier molecular flexibility index (Phi) is 3.56. The van der Waals surface area contributed by atoms with Crippen LogP contribution in [0.5, 0.6) is 0 Å². The lowest BCUT2D eigenvalue weighted by Gasteiger charge is -2.06. The smallest absolute Gasteiger partial charge is 0.262 e. The second-order valence-corrected chi connectivity index (χ2v) is 6.30. The summed E-state index contributed by atoms with van der Waals surface area (Å²) in [6.07, 6.45) is 3.05. The normalized spacial score (nSPS) is 21.1. The SMILES string of the molecule is C[C@H]1C[C@H]1CNC(=O)CCn1cnc2sccc2c1=O. The van der Waals surface area contributed by atoms with Crippen molar-refractivity contribution in [1.29, 1.82) is 0 Å². The molecule has 2 aromatic heterocycles. The lowest BCUT2D eigenvalue weighted by Crippen LogP contribution is -2.29. The maximum atomic E-state index is 12.1. The van der Waals surface area contributed by atoms with Gasteiger partial charge in [0, 0.05) is 19.5 Å². The molecule has 0 radical (unpaired) electrons. The summed E-state index contributed by atoms with van der Waals surface area (Å²) in [4.78, 5) is 28.8. The molecule has 2 aromatic rings. The molecule has 0 aliphatic heterocycles. The second-order valence-electron chi connectivity index (χ2n) is 5.41. The largest absolute Gasteiger partial charge is 0.356 e. The van der Waals surface area contributed by atoms with Crippen molar-refractivity contribution in [1.82, 2.24) is 14.9 Å². The van der Waals surface area contributed by atoms with E-state index in [-0.39, 0.29) is 11.5 Å². The summed E-state index contributed by atoms with van der Waals surface area (Å²) in [5.74, 6) is 1.38. The standard InChI is InChI=1S/C14H17N3O2S/c1-9-6-10(9)7-15-12(18)2-4-17-8-16-13-11(14(17)19)3-5-20-13/h3,5,8-10H,2,4,6-7H2,1H3,(H,15,18)/t9-,10-/m0/s1. The lowest BCUT2D eigenvalue weighted by molar-refractivity contribution is -0.121. The summed E-state index contributed by atoms with van der Waals surface area (Å²) >= 11 is 1.45. The van der Waals surface area contributed by atoms with Crippen molar-refractivity contribution in [2.45, 2.75) is 26.3 Å². The van der Waals surface area contributed by atoms with Gasteiger partial charge in [0.05, 0.1) is 11.7 Å². The Morgan fingerprint density at radius 3 is 3.15 bits per heavy atom. The summed E-state index contributed by atoms with van der Waals surface area (Å²) in [6.45, 7) is 3.33. The number of hydrogen-bond acceptors (Lipinski definition) is 4. The lowest BCUT2D eigenvalue weighted by atomic mass is 10.3. The molecule has 0 bridgehead atoms. The van der Waals surface area contributed by atoms with Crippen LogP contribution in [0.15, 0.2) is 22.6 Å². The molecule has 3 rings (SSSR count). The number of hydrogen-bond donors (Lipinski definition) is 1. The van der Waals surface area contributed by atoms with Gasteiger partial charge in [0.15, 0.2) is 0 Å². The van der Waals surface area contributed by atoms with Crippen molar-refractivity contribution in [2.24, 2.45) is 11.8 Å². The van der Waals surface area contributed by atoms with E-state index in [0.717, 1.165) is 17.3 Å². The van der Waals surface area contributed by atoms with Crippen molar-refractivity contribution < 1.29 is 4.79 Å². The minimum atomic E-state index is -0.0696. The highest BCUT2D eigenvalue weighted by atomic mass is 32.1. The van der Waals surface area contributed by atoms with E-state index in [1.807, 2.05) is 5.38 Å². The molecule has 0 unspecified atom stereocenters. The summed E-state index contributed by atoms with van der Waals surface area (Å²) in [7, 11) is 0. The average Bonchev–Trinajstić information content (AvgIpc) is 2.94. The van der Waals surface area contributed by atoms with Crippen LogP contribution in [0.2, 0.25) is 0 Å². The number of aromatic nitrogens is 2.